The molecule has 1 heterocycles. The van der Waals surface area contributed by atoms with E-state index < -0.39 is 17.7 Å². The fourth-order valence-corrected chi connectivity index (χ4v) is 2.56. The van der Waals surface area contributed by atoms with Crippen molar-refractivity contribution in [1.82, 2.24) is 4.57 Å². The van der Waals surface area contributed by atoms with Gasteiger partial charge >= 0.3 is 12.1 Å². The Labute approximate surface area is 131 Å². The molecule has 0 aliphatic heterocycles. The van der Waals surface area contributed by atoms with Gasteiger partial charge in [-0.15, -0.1) is 0 Å². The Bertz CT molecular complexity index is 712. The molecular weight excluding hydrogens is 338 g/mol. The minimum atomic E-state index is -0.632. The number of nitrogens with zero attached hydrogens (tertiary/aromatic N) is 1. The minimum absolute atomic E-state index is 0.312. The molecule has 0 unspecified atom stereocenters. The molecule has 0 saturated carbocycles. The molecule has 0 saturated heterocycles. The summed E-state index contributed by atoms with van der Waals surface area (Å²) in [6.45, 7) is 5.35. The molecule has 0 bridgehead atoms. The summed E-state index contributed by atoms with van der Waals surface area (Å²) in [5.41, 5.74) is 0.143. The lowest BCUT2D eigenvalue weighted by Crippen LogP contribution is -2.27. The number of hydrogen-bond acceptors (Lipinski definition) is 4. The van der Waals surface area contributed by atoms with Crippen molar-refractivity contribution < 1.29 is 19.1 Å². The molecule has 0 spiro atoms. The molecule has 0 aliphatic carbocycles. The monoisotopic (exact) mass is 353 g/mol. The van der Waals surface area contributed by atoms with Crippen molar-refractivity contribution in [3.8, 4) is 0 Å². The highest BCUT2D eigenvalue weighted by Gasteiger charge is 2.24. The number of aromatic nitrogens is 1. The zero-order chi connectivity index (χ0) is 15.8. The van der Waals surface area contributed by atoms with Crippen LogP contribution >= 0.6 is 15.9 Å². The van der Waals surface area contributed by atoms with Gasteiger partial charge in [-0.3, -0.25) is 0 Å². The van der Waals surface area contributed by atoms with E-state index in [1.807, 2.05) is 6.07 Å². The smallest absolute Gasteiger partial charge is 0.419 e. The maximum atomic E-state index is 12.4. The Morgan fingerprint density at radius 3 is 2.48 bits per heavy atom. The van der Waals surface area contributed by atoms with Crippen LogP contribution in [-0.2, 0) is 9.47 Å². The van der Waals surface area contributed by atoms with Gasteiger partial charge in [-0.2, -0.15) is 0 Å². The number of fused-ring (bicyclic) bond motifs is 1. The fourth-order valence-electron chi connectivity index (χ4n) is 1.99. The molecule has 2 rings (SSSR count). The molecule has 6 heteroatoms. The summed E-state index contributed by atoms with van der Waals surface area (Å²) in [6, 6.07) is 6.92. The van der Waals surface area contributed by atoms with Crippen LogP contribution in [0.2, 0.25) is 0 Å². The molecule has 0 N–H and O–H groups in total. The van der Waals surface area contributed by atoms with Crippen LogP contribution in [0.4, 0.5) is 4.79 Å². The highest BCUT2D eigenvalue weighted by Crippen LogP contribution is 2.28. The lowest BCUT2D eigenvalue weighted by Gasteiger charge is -2.20. The minimum Gasteiger partial charge on any atom is -0.465 e. The van der Waals surface area contributed by atoms with Crippen molar-refractivity contribution >= 4 is 38.9 Å². The van der Waals surface area contributed by atoms with E-state index in [1.165, 1.54) is 11.7 Å². The molecule has 0 radical (unpaired) electrons. The van der Waals surface area contributed by atoms with E-state index >= 15 is 0 Å². The number of hydrogen-bond donors (Lipinski definition) is 0. The SMILES string of the molecule is COC(=O)c1cccc2cc(Br)n(C(=O)OC(C)(C)C)c12. The fraction of sp³-hybridized carbons (Fsp3) is 0.333. The molecule has 0 atom stereocenters. The number of carbonyl (C=O) groups is 2. The molecule has 1 aromatic heterocycles. The van der Waals surface area contributed by atoms with Crippen molar-refractivity contribution in [3.63, 3.8) is 0 Å². The first-order valence-electron chi connectivity index (χ1n) is 6.36. The normalized spacial score (nSPS) is 11.5. The molecule has 5 nitrogen and oxygen atoms in total. The molecule has 112 valence electrons. The van der Waals surface area contributed by atoms with Gasteiger partial charge in [0, 0.05) is 5.39 Å². The summed E-state index contributed by atoms with van der Waals surface area (Å²) in [4.78, 5) is 24.3. The maximum absolute atomic E-state index is 12.4. The first-order valence-corrected chi connectivity index (χ1v) is 7.15. The molecule has 0 amide bonds. The number of halogens is 1. The Hall–Kier alpha value is -1.82. The molecule has 0 aliphatic rings. The average Bonchev–Trinajstić information content (AvgIpc) is 2.71. The second-order valence-corrected chi connectivity index (χ2v) is 6.33. The van der Waals surface area contributed by atoms with E-state index in [-0.39, 0.29) is 0 Å². The van der Waals surface area contributed by atoms with E-state index in [1.54, 1.807) is 39.0 Å². The van der Waals surface area contributed by atoms with Crippen molar-refractivity contribution in [2.75, 3.05) is 7.11 Å². The summed E-state index contributed by atoms with van der Waals surface area (Å²) in [5, 5.41) is 0.746. The second-order valence-electron chi connectivity index (χ2n) is 5.52. The highest BCUT2D eigenvalue weighted by atomic mass is 79.9. The van der Waals surface area contributed by atoms with Crippen LogP contribution in [0.1, 0.15) is 31.1 Å². The van der Waals surface area contributed by atoms with Gasteiger partial charge in [0.1, 0.15) is 5.60 Å². The van der Waals surface area contributed by atoms with Gasteiger partial charge < -0.3 is 9.47 Å². The van der Waals surface area contributed by atoms with Crippen molar-refractivity contribution in [2.24, 2.45) is 0 Å². The lowest BCUT2D eigenvalue weighted by molar-refractivity contribution is 0.0541. The van der Waals surface area contributed by atoms with Crippen LogP contribution in [0, 0.1) is 0 Å². The molecular formula is C15H16BrNO4. The Kier molecular flexibility index (Phi) is 4.09. The average molecular weight is 354 g/mol. The van der Waals surface area contributed by atoms with Crippen LogP contribution in [-0.4, -0.2) is 29.3 Å². The number of ether oxygens (including phenoxy) is 2. The number of carbonyl (C=O) groups excluding carboxylic acids is 2. The Morgan fingerprint density at radius 2 is 1.90 bits per heavy atom. The predicted octanol–water partition coefficient (Wildman–Crippen LogP) is 3.97. The van der Waals surface area contributed by atoms with Gasteiger partial charge in [0.15, 0.2) is 0 Å². The first-order chi connectivity index (χ1) is 9.74. The van der Waals surface area contributed by atoms with Crippen LogP contribution in [0.25, 0.3) is 10.9 Å². The zero-order valence-electron chi connectivity index (χ0n) is 12.3. The summed E-state index contributed by atoms with van der Waals surface area (Å²) >= 11 is 3.33. The van der Waals surface area contributed by atoms with Crippen LogP contribution in [0.15, 0.2) is 28.9 Å². The van der Waals surface area contributed by atoms with Gasteiger partial charge in [0.05, 0.1) is 22.8 Å². The van der Waals surface area contributed by atoms with E-state index in [0.717, 1.165) is 5.39 Å². The zero-order valence-corrected chi connectivity index (χ0v) is 13.9. The highest BCUT2D eigenvalue weighted by molar-refractivity contribution is 9.10. The quantitative estimate of drug-likeness (QED) is 0.727. The number of methoxy groups -OCH3 is 1. The predicted molar refractivity (Wildman–Crippen MR) is 82.6 cm³/mol. The van der Waals surface area contributed by atoms with E-state index in [2.05, 4.69) is 15.9 Å². The third kappa shape index (κ3) is 3.10. The topological polar surface area (TPSA) is 57.5 Å². The van der Waals surface area contributed by atoms with E-state index in [0.29, 0.717) is 15.7 Å². The summed E-state index contributed by atoms with van der Waals surface area (Å²) in [5.74, 6) is -0.504. The van der Waals surface area contributed by atoms with E-state index in [4.69, 9.17) is 9.47 Å². The Morgan fingerprint density at radius 1 is 1.24 bits per heavy atom. The van der Waals surface area contributed by atoms with Gasteiger partial charge in [-0.25, -0.2) is 14.2 Å². The van der Waals surface area contributed by atoms with Gasteiger partial charge in [-0.05, 0) is 48.8 Å². The van der Waals surface area contributed by atoms with Crippen LogP contribution < -0.4 is 0 Å². The first kappa shape index (κ1) is 15.6. The molecule has 21 heavy (non-hydrogen) atoms. The van der Waals surface area contributed by atoms with Crippen molar-refractivity contribution in [3.05, 3.63) is 34.4 Å². The van der Waals surface area contributed by atoms with Crippen molar-refractivity contribution in [2.45, 2.75) is 26.4 Å². The number of para-hydroxylation sites is 1. The largest absolute Gasteiger partial charge is 0.465 e. The standard InChI is InChI=1S/C15H16BrNO4/c1-15(2,3)21-14(19)17-11(16)8-9-6-5-7-10(12(9)17)13(18)20-4/h5-8H,1-4H3. The number of rotatable bonds is 1. The number of benzene rings is 1. The summed E-state index contributed by atoms with van der Waals surface area (Å²) in [7, 11) is 1.30. The van der Waals surface area contributed by atoms with E-state index in [9.17, 15) is 9.59 Å². The van der Waals surface area contributed by atoms with Gasteiger partial charge in [0.2, 0.25) is 0 Å². The lowest BCUT2D eigenvalue weighted by atomic mass is 10.1. The van der Waals surface area contributed by atoms with Crippen LogP contribution in [0.5, 0.6) is 0 Å². The van der Waals surface area contributed by atoms with Crippen LogP contribution in [0.3, 0.4) is 0 Å². The maximum Gasteiger partial charge on any atom is 0.419 e. The molecule has 1 aromatic carbocycles. The molecule has 2 aromatic rings. The second kappa shape index (κ2) is 5.52. The number of esters is 1. The summed E-state index contributed by atoms with van der Waals surface area (Å²) < 4.78 is 12.0. The van der Waals surface area contributed by atoms with Gasteiger partial charge in [0.25, 0.3) is 0 Å². The van der Waals surface area contributed by atoms with Gasteiger partial charge in [-0.1, -0.05) is 12.1 Å². The summed E-state index contributed by atoms with van der Waals surface area (Å²) in [6.07, 6.45) is -0.555. The van der Waals surface area contributed by atoms with Crippen molar-refractivity contribution in [1.29, 1.82) is 0 Å². The molecule has 0 fully saturated rings. The third-order valence-corrected chi connectivity index (χ3v) is 3.34. The third-order valence-electron chi connectivity index (χ3n) is 2.76. The Balaban J connectivity index is 2.65.